The summed E-state index contributed by atoms with van der Waals surface area (Å²) in [6, 6.07) is 7.91. The lowest BCUT2D eigenvalue weighted by Crippen LogP contribution is -2.48. The third kappa shape index (κ3) is 3.37. The lowest BCUT2D eigenvalue weighted by atomic mass is 9.98. The Kier molecular flexibility index (Phi) is 4.40. The first-order chi connectivity index (χ1) is 12.2. The van der Waals surface area contributed by atoms with E-state index in [0.717, 1.165) is 36.7 Å². The minimum atomic E-state index is -0.389. The van der Waals surface area contributed by atoms with Crippen molar-refractivity contribution >= 4 is 11.7 Å². The topological polar surface area (TPSA) is 80.5 Å². The quantitative estimate of drug-likeness (QED) is 0.913. The van der Waals surface area contributed by atoms with E-state index in [1.807, 2.05) is 31.2 Å². The second kappa shape index (κ2) is 6.84. The van der Waals surface area contributed by atoms with Crippen LogP contribution in [0.5, 0.6) is 0 Å². The van der Waals surface area contributed by atoms with Crippen molar-refractivity contribution in [2.24, 2.45) is 0 Å². The predicted octanol–water partition coefficient (Wildman–Crippen LogP) is 1.82. The molecule has 0 saturated carbocycles. The standard InChI is InChI=1S/C18H22N4O3/c1-12-4-7-17(21-20-12)22-9-8-15-14(22)5-6-16(25-15)18(23)19-11-13-3-2-10-24-13/h2-4,7,10,14-16H,5-6,8-9,11H2,1H3,(H,19,23)/t14-,15-,16+/m1/s1. The molecule has 0 unspecified atom stereocenters. The highest BCUT2D eigenvalue weighted by Gasteiger charge is 2.42. The van der Waals surface area contributed by atoms with Gasteiger partial charge in [0.25, 0.3) is 0 Å². The van der Waals surface area contributed by atoms with E-state index < -0.39 is 0 Å². The van der Waals surface area contributed by atoms with Crippen LogP contribution in [0.1, 0.15) is 30.7 Å². The van der Waals surface area contributed by atoms with Gasteiger partial charge in [0.2, 0.25) is 5.91 Å². The summed E-state index contributed by atoms with van der Waals surface area (Å²) < 4.78 is 11.3. The molecule has 2 aromatic rings. The first-order valence-corrected chi connectivity index (χ1v) is 8.73. The third-order valence-corrected chi connectivity index (χ3v) is 4.94. The number of aryl methyl sites for hydroxylation is 1. The molecule has 2 aliphatic rings. The number of carbonyl (C=O) groups is 1. The Morgan fingerprint density at radius 3 is 2.96 bits per heavy atom. The van der Waals surface area contributed by atoms with Crippen LogP contribution in [0.15, 0.2) is 34.9 Å². The van der Waals surface area contributed by atoms with E-state index in [-0.39, 0.29) is 24.2 Å². The molecule has 2 aliphatic heterocycles. The van der Waals surface area contributed by atoms with Crippen LogP contribution in [0.2, 0.25) is 0 Å². The maximum Gasteiger partial charge on any atom is 0.249 e. The molecule has 25 heavy (non-hydrogen) atoms. The molecule has 4 heterocycles. The van der Waals surface area contributed by atoms with Crippen LogP contribution in [0.25, 0.3) is 0 Å². The van der Waals surface area contributed by atoms with Crippen LogP contribution in [-0.4, -0.2) is 40.9 Å². The molecule has 132 valence electrons. The number of carbonyl (C=O) groups excluding carboxylic acids is 1. The van der Waals surface area contributed by atoms with Crippen molar-refractivity contribution in [3.8, 4) is 0 Å². The average molecular weight is 342 g/mol. The molecule has 2 saturated heterocycles. The molecule has 7 nitrogen and oxygen atoms in total. The first kappa shape index (κ1) is 16.1. The predicted molar refractivity (Wildman–Crippen MR) is 91.0 cm³/mol. The summed E-state index contributed by atoms with van der Waals surface area (Å²) in [5.41, 5.74) is 0.910. The smallest absolute Gasteiger partial charge is 0.249 e. The van der Waals surface area contributed by atoms with Gasteiger partial charge >= 0.3 is 0 Å². The Bertz CT molecular complexity index is 716. The molecular weight excluding hydrogens is 320 g/mol. The summed E-state index contributed by atoms with van der Waals surface area (Å²) in [5, 5.41) is 11.3. The van der Waals surface area contributed by atoms with Crippen molar-refractivity contribution in [2.75, 3.05) is 11.4 Å². The second-order valence-corrected chi connectivity index (χ2v) is 6.62. The molecule has 0 aromatic carbocycles. The van der Waals surface area contributed by atoms with Gasteiger partial charge in [0.1, 0.15) is 11.9 Å². The van der Waals surface area contributed by atoms with Gasteiger partial charge in [-0.25, -0.2) is 0 Å². The molecule has 0 spiro atoms. The first-order valence-electron chi connectivity index (χ1n) is 8.73. The fourth-order valence-electron chi connectivity index (χ4n) is 3.65. The molecular formula is C18H22N4O3. The molecule has 0 bridgehead atoms. The summed E-state index contributed by atoms with van der Waals surface area (Å²) in [6.45, 7) is 3.21. The number of fused-ring (bicyclic) bond motifs is 1. The highest BCUT2D eigenvalue weighted by molar-refractivity contribution is 5.80. The number of furan rings is 1. The van der Waals surface area contributed by atoms with Crippen molar-refractivity contribution in [1.82, 2.24) is 15.5 Å². The molecule has 3 atom stereocenters. The van der Waals surface area contributed by atoms with E-state index in [0.29, 0.717) is 13.0 Å². The fraction of sp³-hybridized carbons (Fsp3) is 0.500. The van der Waals surface area contributed by atoms with Crippen LogP contribution < -0.4 is 10.2 Å². The van der Waals surface area contributed by atoms with Crippen LogP contribution >= 0.6 is 0 Å². The van der Waals surface area contributed by atoms with Gasteiger partial charge in [-0.2, -0.15) is 5.10 Å². The molecule has 2 fully saturated rings. The van der Waals surface area contributed by atoms with Gasteiger partial charge in [0.15, 0.2) is 5.82 Å². The molecule has 2 aromatic heterocycles. The van der Waals surface area contributed by atoms with E-state index in [1.165, 1.54) is 0 Å². The minimum absolute atomic E-state index is 0.0659. The molecule has 1 amide bonds. The third-order valence-electron chi connectivity index (χ3n) is 4.94. The zero-order valence-electron chi connectivity index (χ0n) is 14.2. The number of nitrogens with one attached hydrogen (secondary N) is 1. The normalized spacial score (nSPS) is 25.6. The van der Waals surface area contributed by atoms with E-state index in [1.54, 1.807) is 6.26 Å². The number of rotatable bonds is 4. The van der Waals surface area contributed by atoms with Gasteiger partial charge in [-0.15, -0.1) is 5.10 Å². The van der Waals surface area contributed by atoms with E-state index in [4.69, 9.17) is 9.15 Å². The SMILES string of the molecule is Cc1ccc(N2CC[C@H]3O[C@H](C(=O)NCc4ccco4)CC[C@H]32)nn1. The lowest BCUT2D eigenvalue weighted by molar-refractivity contribution is -0.141. The molecule has 7 heteroatoms. The Morgan fingerprint density at radius 2 is 2.20 bits per heavy atom. The van der Waals surface area contributed by atoms with Gasteiger partial charge in [-0.05, 0) is 50.5 Å². The largest absolute Gasteiger partial charge is 0.467 e. The molecule has 0 aliphatic carbocycles. The molecule has 0 radical (unpaired) electrons. The van der Waals surface area contributed by atoms with E-state index in [9.17, 15) is 4.79 Å². The number of hydrogen-bond donors (Lipinski definition) is 1. The van der Waals surface area contributed by atoms with Gasteiger partial charge < -0.3 is 19.4 Å². The van der Waals surface area contributed by atoms with E-state index >= 15 is 0 Å². The zero-order valence-corrected chi connectivity index (χ0v) is 14.2. The van der Waals surface area contributed by atoms with Crippen molar-refractivity contribution in [3.63, 3.8) is 0 Å². The summed E-state index contributed by atoms with van der Waals surface area (Å²) >= 11 is 0. The number of nitrogens with zero attached hydrogens (tertiary/aromatic N) is 3. The monoisotopic (exact) mass is 342 g/mol. The molecule has 1 N–H and O–H groups in total. The van der Waals surface area contributed by atoms with Crippen LogP contribution in [0, 0.1) is 6.92 Å². The maximum atomic E-state index is 12.4. The number of ether oxygens (including phenoxy) is 1. The minimum Gasteiger partial charge on any atom is -0.467 e. The zero-order chi connectivity index (χ0) is 17.2. The summed E-state index contributed by atoms with van der Waals surface area (Å²) in [4.78, 5) is 14.6. The van der Waals surface area contributed by atoms with Gasteiger partial charge in [0.05, 0.1) is 30.6 Å². The number of hydrogen-bond acceptors (Lipinski definition) is 6. The van der Waals surface area contributed by atoms with Gasteiger partial charge in [-0.1, -0.05) is 0 Å². The Labute approximate surface area is 146 Å². The number of anilines is 1. The summed E-state index contributed by atoms with van der Waals surface area (Å²) in [7, 11) is 0. The van der Waals surface area contributed by atoms with Crippen molar-refractivity contribution in [1.29, 1.82) is 0 Å². The van der Waals surface area contributed by atoms with Gasteiger partial charge in [0, 0.05) is 6.54 Å². The van der Waals surface area contributed by atoms with Crippen LogP contribution in [-0.2, 0) is 16.1 Å². The highest BCUT2D eigenvalue weighted by Crippen LogP contribution is 2.34. The number of aromatic nitrogens is 2. The average Bonchev–Trinajstić information content (AvgIpc) is 3.29. The second-order valence-electron chi connectivity index (χ2n) is 6.62. The van der Waals surface area contributed by atoms with Crippen molar-refractivity contribution in [2.45, 2.75) is 51.0 Å². The fourth-order valence-corrected chi connectivity index (χ4v) is 3.65. The Balaban J connectivity index is 1.35. The number of amides is 1. The highest BCUT2D eigenvalue weighted by atomic mass is 16.5. The Morgan fingerprint density at radius 1 is 1.28 bits per heavy atom. The summed E-state index contributed by atoms with van der Waals surface area (Å²) in [6.07, 6.45) is 3.81. The molecule has 4 rings (SSSR count). The maximum absolute atomic E-state index is 12.4. The van der Waals surface area contributed by atoms with E-state index in [2.05, 4.69) is 20.4 Å². The summed E-state index contributed by atoms with van der Waals surface area (Å²) in [5.74, 6) is 1.57. The Hall–Kier alpha value is -2.41. The lowest BCUT2D eigenvalue weighted by Gasteiger charge is -2.35. The van der Waals surface area contributed by atoms with Crippen LogP contribution in [0.3, 0.4) is 0 Å². The van der Waals surface area contributed by atoms with Crippen molar-refractivity contribution in [3.05, 3.63) is 42.0 Å². The van der Waals surface area contributed by atoms with Gasteiger partial charge in [-0.3, -0.25) is 4.79 Å². The van der Waals surface area contributed by atoms with Crippen molar-refractivity contribution < 1.29 is 13.9 Å². The van der Waals surface area contributed by atoms with Crippen LogP contribution in [0.4, 0.5) is 5.82 Å².